The minimum atomic E-state index is -2.83. The van der Waals surface area contributed by atoms with Gasteiger partial charge in [0.1, 0.15) is 0 Å². The molecule has 0 aromatic rings. The Balaban J connectivity index is 4.06. The molecule has 1 N–H and O–H groups in total. The summed E-state index contributed by atoms with van der Waals surface area (Å²) in [6.07, 6.45) is 2.77. The highest BCUT2D eigenvalue weighted by Gasteiger charge is 2.23. The van der Waals surface area contributed by atoms with Crippen molar-refractivity contribution >= 4 is 7.37 Å². The maximum Gasteiger partial charge on any atom is 0.200 e. The van der Waals surface area contributed by atoms with Crippen LogP contribution in [0, 0.1) is 11.3 Å². The maximum atomic E-state index is 11.7. The Morgan fingerprint density at radius 1 is 1.36 bits per heavy atom. The molecule has 0 aliphatic rings. The SMILES string of the molecule is CCCP(=O)(O)CC(C)CC(C)(C)C. The van der Waals surface area contributed by atoms with E-state index in [2.05, 4.69) is 27.7 Å². The third-order valence-corrected chi connectivity index (χ3v) is 4.47. The van der Waals surface area contributed by atoms with Crippen molar-refractivity contribution in [3.8, 4) is 0 Å². The maximum absolute atomic E-state index is 11.7. The minimum absolute atomic E-state index is 0.256. The lowest BCUT2D eigenvalue weighted by atomic mass is 9.86. The molecular weight excluding hydrogens is 195 g/mol. The summed E-state index contributed by atoms with van der Waals surface area (Å²) in [6.45, 7) is 10.5. The van der Waals surface area contributed by atoms with Crippen molar-refractivity contribution in [3.63, 3.8) is 0 Å². The molecule has 0 saturated heterocycles. The highest BCUT2D eigenvalue weighted by Crippen LogP contribution is 2.44. The number of hydrogen-bond donors (Lipinski definition) is 1. The summed E-state index contributed by atoms with van der Waals surface area (Å²) >= 11 is 0. The van der Waals surface area contributed by atoms with Gasteiger partial charge >= 0.3 is 0 Å². The van der Waals surface area contributed by atoms with E-state index in [4.69, 9.17) is 0 Å². The average Bonchev–Trinajstić information content (AvgIpc) is 1.78. The summed E-state index contributed by atoms with van der Waals surface area (Å²) in [6, 6.07) is 0. The number of rotatable bonds is 5. The van der Waals surface area contributed by atoms with Gasteiger partial charge in [-0.15, -0.1) is 0 Å². The second-order valence-electron chi connectivity index (χ2n) is 5.62. The molecule has 0 aromatic heterocycles. The van der Waals surface area contributed by atoms with Crippen LogP contribution in [0.25, 0.3) is 0 Å². The van der Waals surface area contributed by atoms with Crippen molar-refractivity contribution < 1.29 is 9.46 Å². The summed E-state index contributed by atoms with van der Waals surface area (Å²) < 4.78 is 11.7. The lowest BCUT2D eigenvalue weighted by Crippen LogP contribution is -2.14. The first-order chi connectivity index (χ1) is 6.16. The lowest BCUT2D eigenvalue weighted by Gasteiger charge is -2.24. The van der Waals surface area contributed by atoms with Gasteiger partial charge in [-0.2, -0.15) is 0 Å². The zero-order valence-corrected chi connectivity index (χ0v) is 11.1. The molecular formula is C11H25O2P. The molecule has 14 heavy (non-hydrogen) atoms. The van der Waals surface area contributed by atoms with Gasteiger partial charge in [0.2, 0.25) is 7.37 Å². The van der Waals surface area contributed by atoms with E-state index < -0.39 is 7.37 Å². The largest absolute Gasteiger partial charge is 0.344 e. The Morgan fingerprint density at radius 2 is 1.86 bits per heavy atom. The smallest absolute Gasteiger partial charge is 0.200 e. The first kappa shape index (κ1) is 14.2. The molecule has 0 heterocycles. The number of hydrogen-bond acceptors (Lipinski definition) is 1. The van der Waals surface area contributed by atoms with Crippen molar-refractivity contribution in [1.29, 1.82) is 0 Å². The van der Waals surface area contributed by atoms with Crippen molar-refractivity contribution in [3.05, 3.63) is 0 Å². The van der Waals surface area contributed by atoms with Gasteiger partial charge in [0.25, 0.3) is 0 Å². The Kier molecular flexibility index (Phi) is 5.39. The van der Waals surface area contributed by atoms with Crippen LogP contribution < -0.4 is 0 Å². The van der Waals surface area contributed by atoms with E-state index in [0.29, 0.717) is 18.2 Å². The topological polar surface area (TPSA) is 37.3 Å². The standard InChI is InChI=1S/C11H25O2P/c1-6-7-14(12,13)9-10(2)8-11(3,4)5/h10H,6-9H2,1-5H3,(H,12,13). The van der Waals surface area contributed by atoms with Gasteiger partial charge in [-0.3, -0.25) is 4.57 Å². The molecule has 0 aliphatic carbocycles. The van der Waals surface area contributed by atoms with Gasteiger partial charge in [-0.25, -0.2) is 0 Å². The van der Waals surface area contributed by atoms with Crippen molar-refractivity contribution in [1.82, 2.24) is 0 Å². The second-order valence-corrected chi connectivity index (χ2v) is 8.13. The van der Waals surface area contributed by atoms with E-state index in [-0.39, 0.29) is 5.41 Å². The molecule has 0 aliphatic heterocycles. The van der Waals surface area contributed by atoms with Crippen LogP contribution in [-0.2, 0) is 4.57 Å². The summed E-state index contributed by atoms with van der Waals surface area (Å²) in [5.41, 5.74) is 0.256. The van der Waals surface area contributed by atoms with Crippen molar-refractivity contribution in [2.45, 2.75) is 47.5 Å². The normalized spacial score (nSPS) is 19.0. The highest BCUT2D eigenvalue weighted by molar-refractivity contribution is 7.57. The van der Waals surface area contributed by atoms with Crippen molar-refractivity contribution in [2.24, 2.45) is 11.3 Å². The van der Waals surface area contributed by atoms with Gasteiger partial charge in [0.15, 0.2) is 0 Å². The first-order valence-electron chi connectivity index (χ1n) is 5.47. The molecule has 0 bridgehead atoms. The van der Waals surface area contributed by atoms with Crippen molar-refractivity contribution in [2.75, 3.05) is 12.3 Å². The molecule has 0 aromatic carbocycles. The van der Waals surface area contributed by atoms with Crippen LogP contribution in [0.1, 0.15) is 47.5 Å². The van der Waals surface area contributed by atoms with E-state index in [9.17, 15) is 9.46 Å². The van der Waals surface area contributed by atoms with Gasteiger partial charge in [0.05, 0.1) is 0 Å². The quantitative estimate of drug-likeness (QED) is 0.716. The minimum Gasteiger partial charge on any atom is -0.344 e. The van der Waals surface area contributed by atoms with Crippen LogP contribution in [0.4, 0.5) is 0 Å². The summed E-state index contributed by atoms with van der Waals surface area (Å²) in [5.74, 6) is 0.345. The second kappa shape index (κ2) is 5.32. The molecule has 0 amide bonds. The van der Waals surface area contributed by atoms with Gasteiger partial charge in [-0.05, 0) is 24.2 Å². The Bertz CT molecular complexity index is 206. The predicted octanol–water partition coefficient (Wildman–Crippen LogP) is 3.74. The van der Waals surface area contributed by atoms with Gasteiger partial charge < -0.3 is 4.89 Å². The van der Waals surface area contributed by atoms with Gasteiger partial charge in [-0.1, -0.05) is 34.6 Å². The monoisotopic (exact) mass is 220 g/mol. The fourth-order valence-electron chi connectivity index (χ4n) is 2.04. The molecule has 2 unspecified atom stereocenters. The van der Waals surface area contributed by atoms with Crippen LogP contribution in [0.3, 0.4) is 0 Å². The first-order valence-corrected chi connectivity index (χ1v) is 7.50. The van der Waals surface area contributed by atoms with Crippen LogP contribution >= 0.6 is 7.37 Å². The zero-order valence-electron chi connectivity index (χ0n) is 10.2. The molecule has 0 spiro atoms. The predicted molar refractivity (Wildman–Crippen MR) is 63.1 cm³/mol. The Hall–Kier alpha value is 0.190. The lowest BCUT2D eigenvalue weighted by molar-refractivity contribution is 0.317. The molecule has 86 valence electrons. The van der Waals surface area contributed by atoms with Gasteiger partial charge in [0, 0.05) is 12.3 Å². The Morgan fingerprint density at radius 3 is 2.21 bits per heavy atom. The van der Waals surface area contributed by atoms with Crippen LogP contribution in [0.5, 0.6) is 0 Å². The molecule has 2 atom stereocenters. The van der Waals surface area contributed by atoms with E-state index in [1.165, 1.54) is 0 Å². The van der Waals surface area contributed by atoms with E-state index in [1.54, 1.807) is 0 Å². The van der Waals surface area contributed by atoms with Crippen LogP contribution in [0.2, 0.25) is 0 Å². The zero-order chi connectivity index (χ0) is 11.4. The Labute approximate surface area is 88.6 Å². The van der Waals surface area contributed by atoms with E-state index in [1.807, 2.05) is 6.92 Å². The summed E-state index contributed by atoms with van der Waals surface area (Å²) in [4.78, 5) is 9.64. The highest BCUT2D eigenvalue weighted by atomic mass is 31.2. The van der Waals surface area contributed by atoms with E-state index >= 15 is 0 Å². The fourth-order valence-corrected chi connectivity index (χ4v) is 4.02. The fraction of sp³-hybridized carbons (Fsp3) is 1.00. The summed E-state index contributed by atoms with van der Waals surface area (Å²) in [5, 5.41) is 0. The van der Waals surface area contributed by atoms with Crippen LogP contribution in [0.15, 0.2) is 0 Å². The molecule has 0 radical (unpaired) electrons. The molecule has 0 saturated carbocycles. The van der Waals surface area contributed by atoms with E-state index in [0.717, 1.165) is 12.8 Å². The molecule has 0 fully saturated rings. The third kappa shape index (κ3) is 7.58. The summed E-state index contributed by atoms with van der Waals surface area (Å²) in [7, 11) is -2.83. The molecule has 0 rings (SSSR count). The molecule has 3 heteroatoms. The average molecular weight is 220 g/mol. The third-order valence-electron chi connectivity index (χ3n) is 2.13. The van der Waals surface area contributed by atoms with Crippen LogP contribution in [-0.4, -0.2) is 17.2 Å². The molecule has 2 nitrogen and oxygen atoms in total.